The molecule has 0 fully saturated rings. The number of benzene rings is 2. The summed E-state index contributed by atoms with van der Waals surface area (Å²) in [4.78, 5) is 0. The fourth-order valence-corrected chi connectivity index (χ4v) is 3.44. The Kier molecular flexibility index (Phi) is 3.70. The second-order valence-electron chi connectivity index (χ2n) is 5.91. The van der Waals surface area contributed by atoms with Crippen LogP contribution in [0.3, 0.4) is 0 Å². The molecular weight excluding hydrogens is 310 g/mol. The molecule has 2 aromatic rings. The van der Waals surface area contributed by atoms with Crippen molar-refractivity contribution >= 4 is 15.9 Å². The molecule has 1 aliphatic carbocycles. The quantitative estimate of drug-likeness (QED) is 0.860. The maximum absolute atomic E-state index is 6.44. The summed E-state index contributed by atoms with van der Waals surface area (Å²) in [6, 6.07) is 13.3. The maximum atomic E-state index is 6.44. The highest BCUT2D eigenvalue weighted by atomic mass is 79.9. The van der Waals surface area contributed by atoms with Crippen LogP contribution >= 0.6 is 15.9 Å². The van der Waals surface area contributed by atoms with Crippen LogP contribution in [0.5, 0.6) is 0 Å². The van der Waals surface area contributed by atoms with Crippen LogP contribution < -0.4 is 5.73 Å². The molecule has 1 aliphatic rings. The largest absolute Gasteiger partial charge is 0.324 e. The summed E-state index contributed by atoms with van der Waals surface area (Å²) in [5.41, 5.74) is 13.2. The van der Waals surface area contributed by atoms with Crippen molar-refractivity contribution in [3.8, 4) is 0 Å². The molecule has 3 rings (SSSR count). The average molecular weight is 330 g/mol. The number of hydrogen-bond donors (Lipinski definition) is 1. The lowest BCUT2D eigenvalue weighted by atomic mass is 9.74. The number of halogens is 1. The van der Waals surface area contributed by atoms with Crippen LogP contribution in [-0.4, -0.2) is 0 Å². The third-order valence-corrected chi connectivity index (χ3v) is 5.64. The normalized spacial score (nSPS) is 18.3. The Balaban J connectivity index is 1.77. The average Bonchev–Trinajstić information content (AvgIpc) is 2.41. The Bertz CT molecular complexity index is 625. The lowest BCUT2D eigenvalue weighted by Crippen LogP contribution is -2.22. The Hall–Kier alpha value is -1.12. The first-order chi connectivity index (χ1) is 9.56. The highest BCUT2D eigenvalue weighted by Gasteiger charge is 2.27. The molecule has 20 heavy (non-hydrogen) atoms. The number of hydrogen-bond acceptors (Lipinski definition) is 1. The van der Waals surface area contributed by atoms with Crippen LogP contribution in [0, 0.1) is 13.8 Å². The number of aryl methyl sites for hydroxylation is 2. The van der Waals surface area contributed by atoms with Crippen molar-refractivity contribution in [1.29, 1.82) is 0 Å². The predicted octanol–water partition coefficient (Wildman–Crippen LogP) is 4.80. The second-order valence-corrected chi connectivity index (χ2v) is 6.70. The summed E-state index contributed by atoms with van der Waals surface area (Å²) in [5.74, 6) is 0.630. The predicted molar refractivity (Wildman–Crippen MR) is 88.0 cm³/mol. The molecule has 2 atom stereocenters. The van der Waals surface area contributed by atoms with Crippen LogP contribution in [0.2, 0.25) is 0 Å². The van der Waals surface area contributed by atoms with Gasteiger partial charge in [-0.05, 0) is 60.4 Å². The van der Waals surface area contributed by atoms with Gasteiger partial charge in [-0.1, -0.05) is 52.3 Å². The van der Waals surface area contributed by atoms with E-state index in [9.17, 15) is 0 Å². The van der Waals surface area contributed by atoms with Crippen molar-refractivity contribution in [3.05, 3.63) is 68.7 Å². The molecule has 0 spiro atoms. The zero-order valence-corrected chi connectivity index (χ0v) is 13.6. The molecule has 2 aromatic carbocycles. The summed E-state index contributed by atoms with van der Waals surface area (Å²) in [5, 5.41) is 0. The van der Waals surface area contributed by atoms with Crippen LogP contribution in [-0.2, 0) is 6.42 Å². The van der Waals surface area contributed by atoms with E-state index in [1.165, 1.54) is 38.7 Å². The SMILES string of the molecule is Cc1cc(C(N)CC2Cc3ccccc32)cc(C)c1Br. The van der Waals surface area contributed by atoms with Crippen molar-refractivity contribution in [2.45, 2.75) is 38.6 Å². The molecule has 0 radical (unpaired) electrons. The molecule has 1 nitrogen and oxygen atoms in total. The van der Waals surface area contributed by atoms with Gasteiger partial charge in [-0.15, -0.1) is 0 Å². The van der Waals surface area contributed by atoms with E-state index in [-0.39, 0.29) is 6.04 Å². The van der Waals surface area contributed by atoms with Gasteiger partial charge in [0.2, 0.25) is 0 Å². The number of rotatable bonds is 3. The van der Waals surface area contributed by atoms with E-state index in [0.29, 0.717) is 5.92 Å². The molecule has 2 N–H and O–H groups in total. The van der Waals surface area contributed by atoms with Gasteiger partial charge in [0, 0.05) is 10.5 Å². The van der Waals surface area contributed by atoms with Gasteiger partial charge in [-0.3, -0.25) is 0 Å². The molecule has 0 bridgehead atoms. The van der Waals surface area contributed by atoms with Crippen molar-refractivity contribution in [2.75, 3.05) is 0 Å². The summed E-state index contributed by atoms with van der Waals surface area (Å²) < 4.78 is 1.20. The Morgan fingerprint density at radius 2 is 1.85 bits per heavy atom. The maximum Gasteiger partial charge on any atom is 0.0301 e. The van der Waals surface area contributed by atoms with Crippen molar-refractivity contribution in [2.24, 2.45) is 5.73 Å². The summed E-state index contributed by atoms with van der Waals surface area (Å²) >= 11 is 3.62. The monoisotopic (exact) mass is 329 g/mol. The Labute approximate surface area is 129 Å². The van der Waals surface area contributed by atoms with E-state index >= 15 is 0 Å². The van der Waals surface area contributed by atoms with E-state index in [4.69, 9.17) is 5.73 Å². The zero-order valence-electron chi connectivity index (χ0n) is 12.0. The van der Waals surface area contributed by atoms with Crippen molar-refractivity contribution < 1.29 is 0 Å². The summed E-state index contributed by atoms with van der Waals surface area (Å²) in [6.07, 6.45) is 2.22. The fraction of sp³-hybridized carbons (Fsp3) is 0.333. The number of nitrogens with two attached hydrogens (primary N) is 1. The summed E-state index contributed by atoms with van der Waals surface area (Å²) in [6.45, 7) is 4.26. The number of fused-ring (bicyclic) bond motifs is 1. The molecule has 0 aromatic heterocycles. The molecule has 0 saturated heterocycles. The van der Waals surface area contributed by atoms with Gasteiger partial charge in [0.1, 0.15) is 0 Å². The standard InChI is InChI=1S/C18H20BrN/c1-11-7-15(8-12(2)18(11)19)17(20)10-14-9-13-5-3-4-6-16(13)14/h3-8,14,17H,9-10,20H2,1-2H3. The third kappa shape index (κ3) is 2.43. The van der Waals surface area contributed by atoms with E-state index in [1.807, 2.05) is 0 Å². The van der Waals surface area contributed by atoms with Gasteiger partial charge < -0.3 is 5.73 Å². The Morgan fingerprint density at radius 3 is 2.50 bits per heavy atom. The molecule has 104 valence electrons. The van der Waals surface area contributed by atoms with Crippen LogP contribution in [0.25, 0.3) is 0 Å². The highest BCUT2D eigenvalue weighted by molar-refractivity contribution is 9.10. The Morgan fingerprint density at radius 1 is 1.20 bits per heavy atom. The first kappa shape index (κ1) is 13.8. The summed E-state index contributed by atoms with van der Waals surface area (Å²) in [7, 11) is 0. The van der Waals surface area contributed by atoms with E-state index in [1.54, 1.807) is 0 Å². The first-order valence-corrected chi connectivity index (χ1v) is 7.95. The smallest absolute Gasteiger partial charge is 0.0301 e. The molecule has 2 heteroatoms. The minimum atomic E-state index is 0.124. The van der Waals surface area contributed by atoms with E-state index in [0.717, 1.165) is 6.42 Å². The fourth-order valence-electron chi connectivity index (χ4n) is 3.21. The van der Waals surface area contributed by atoms with Gasteiger partial charge in [-0.25, -0.2) is 0 Å². The van der Waals surface area contributed by atoms with Gasteiger partial charge in [0.05, 0.1) is 0 Å². The lowest BCUT2D eigenvalue weighted by Gasteiger charge is -2.32. The first-order valence-electron chi connectivity index (χ1n) is 7.16. The van der Waals surface area contributed by atoms with Crippen LogP contribution in [0.1, 0.15) is 46.2 Å². The molecular formula is C18H20BrN. The minimum Gasteiger partial charge on any atom is -0.324 e. The van der Waals surface area contributed by atoms with Gasteiger partial charge in [0.25, 0.3) is 0 Å². The molecule has 0 heterocycles. The molecule has 0 saturated carbocycles. The molecule has 0 aliphatic heterocycles. The highest BCUT2D eigenvalue weighted by Crippen LogP contribution is 2.40. The second kappa shape index (κ2) is 5.34. The van der Waals surface area contributed by atoms with Crippen molar-refractivity contribution in [3.63, 3.8) is 0 Å². The van der Waals surface area contributed by atoms with Gasteiger partial charge >= 0.3 is 0 Å². The minimum absolute atomic E-state index is 0.124. The molecule has 2 unspecified atom stereocenters. The van der Waals surface area contributed by atoms with E-state index < -0.39 is 0 Å². The third-order valence-electron chi connectivity index (χ3n) is 4.39. The van der Waals surface area contributed by atoms with E-state index in [2.05, 4.69) is 66.2 Å². The molecule has 0 amide bonds. The van der Waals surface area contributed by atoms with Crippen LogP contribution in [0.15, 0.2) is 40.9 Å². The van der Waals surface area contributed by atoms with Crippen LogP contribution in [0.4, 0.5) is 0 Å². The van der Waals surface area contributed by atoms with Gasteiger partial charge in [0.15, 0.2) is 0 Å². The lowest BCUT2D eigenvalue weighted by molar-refractivity contribution is 0.498. The zero-order chi connectivity index (χ0) is 14.3. The van der Waals surface area contributed by atoms with Crippen molar-refractivity contribution in [1.82, 2.24) is 0 Å². The van der Waals surface area contributed by atoms with Gasteiger partial charge in [-0.2, -0.15) is 0 Å². The topological polar surface area (TPSA) is 26.0 Å².